The lowest BCUT2D eigenvalue weighted by Crippen LogP contribution is -2.11. The van der Waals surface area contributed by atoms with E-state index in [0.717, 1.165) is 12.8 Å². The Morgan fingerprint density at radius 1 is 1.12 bits per heavy atom. The van der Waals surface area contributed by atoms with E-state index in [2.05, 4.69) is 14.9 Å². The summed E-state index contributed by atoms with van der Waals surface area (Å²) in [5.74, 6) is 1.25. The van der Waals surface area contributed by atoms with Gasteiger partial charge >= 0.3 is 0 Å². The monoisotopic (exact) mass is 365 g/mol. The Morgan fingerprint density at radius 2 is 1.96 bits per heavy atom. The van der Waals surface area contributed by atoms with Crippen molar-refractivity contribution in [1.29, 1.82) is 0 Å². The van der Waals surface area contributed by atoms with Gasteiger partial charge in [-0.3, -0.25) is 4.72 Å². The molecule has 9 heteroatoms. The van der Waals surface area contributed by atoms with Gasteiger partial charge in [0, 0.05) is 10.9 Å². The summed E-state index contributed by atoms with van der Waals surface area (Å²) in [5.41, 5.74) is 0.342. The summed E-state index contributed by atoms with van der Waals surface area (Å²) in [6, 6.07) is 9.21. The number of nitrogens with zero attached hydrogens (tertiary/aromatic N) is 2. The van der Waals surface area contributed by atoms with Crippen LogP contribution >= 0.6 is 11.6 Å². The second-order valence-corrected chi connectivity index (χ2v) is 7.50. The van der Waals surface area contributed by atoms with E-state index in [4.69, 9.17) is 20.4 Å². The first-order chi connectivity index (χ1) is 11.5. The van der Waals surface area contributed by atoms with Gasteiger partial charge in [-0.2, -0.15) is 8.42 Å². The Labute approximate surface area is 142 Å². The second-order valence-electron chi connectivity index (χ2n) is 5.45. The smallest absolute Gasteiger partial charge is 0.295 e. The van der Waals surface area contributed by atoms with E-state index in [-0.39, 0.29) is 16.7 Å². The maximum Gasteiger partial charge on any atom is 0.295 e. The van der Waals surface area contributed by atoms with Gasteiger partial charge in [0.1, 0.15) is 0 Å². The molecule has 1 aliphatic carbocycles. The van der Waals surface area contributed by atoms with Gasteiger partial charge in [-0.25, -0.2) is 0 Å². The highest BCUT2D eigenvalue weighted by Gasteiger charge is 2.30. The van der Waals surface area contributed by atoms with Crippen LogP contribution in [0.15, 0.2) is 50.3 Å². The third-order valence-electron chi connectivity index (χ3n) is 3.50. The van der Waals surface area contributed by atoms with Crippen molar-refractivity contribution in [2.24, 2.45) is 0 Å². The molecule has 1 aromatic carbocycles. The van der Waals surface area contributed by atoms with Crippen molar-refractivity contribution < 1.29 is 17.3 Å². The molecule has 3 aromatic rings. The fourth-order valence-corrected chi connectivity index (χ4v) is 3.34. The van der Waals surface area contributed by atoms with Crippen molar-refractivity contribution in [3.05, 3.63) is 47.3 Å². The number of rotatable bonds is 5. The lowest BCUT2D eigenvalue weighted by Gasteiger charge is -2.05. The Morgan fingerprint density at radius 3 is 2.71 bits per heavy atom. The van der Waals surface area contributed by atoms with Crippen LogP contribution in [0, 0.1) is 0 Å². The average molecular weight is 366 g/mol. The number of furan rings is 1. The first-order valence-corrected chi connectivity index (χ1v) is 9.09. The molecule has 1 fully saturated rings. The molecule has 0 unspecified atom stereocenters. The van der Waals surface area contributed by atoms with Crippen LogP contribution in [0.2, 0.25) is 5.02 Å². The average Bonchev–Trinajstić information content (AvgIpc) is 3.07. The highest BCUT2D eigenvalue weighted by molar-refractivity contribution is 7.92. The topological polar surface area (TPSA) is 98.2 Å². The Bertz CT molecular complexity index is 992. The SMILES string of the molecule is O=S(=O)(Nc1cccc(Cl)c1)c1ccc(-c2nnc(C3CC3)o2)o1. The zero-order chi connectivity index (χ0) is 16.7. The molecule has 1 saturated carbocycles. The first kappa shape index (κ1) is 15.2. The van der Waals surface area contributed by atoms with Gasteiger partial charge in [0.05, 0.1) is 5.69 Å². The quantitative estimate of drug-likeness (QED) is 0.740. The first-order valence-electron chi connectivity index (χ1n) is 7.23. The molecule has 2 heterocycles. The third kappa shape index (κ3) is 3.02. The fraction of sp³-hybridized carbons (Fsp3) is 0.200. The van der Waals surface area contributed by atoms with E-state index in [1.165, 1.54) is 18.2 Å². The van der Waals surface area contributed by atoms with Crippen molar-refractivity contribution in [2.45, 2.75) is 23.9 Å². The zero-order valence-corrected chi connectivity index (χ0v) is 13.8. The van der Waals surface area contributed by atoms with E-state index in [1.54, 1.807) is 18.2 Å². The van der Waals surface area contributed by atoms with Gasteiger partial charge in [0.15, 0.2) is 5.76 Å². The maximum absolute atomic E-state index is 12.4. The normalized spacial score (nSPS) is 14.7. The number of hydrogen-bond donors (Lipinski definition) is 1. The Hall–Kier alpha value is -2.32. The van der Waals surface area contributed by atoms with Gasteiger partial charge in [0.2, 0.25) is 11.0 Å². The molecule has 0 spiro atoms. The number of benzene rings is 1. The highest BCUT2D eigenvalue weighted by atomic mass is 35.5. The highest BCUT2D eigenvalue weighted by Crippen LogP contribution is 2.40. The molecule has 7 nitrogen and oxygen atoms in total. The third-order valence-corrected chi connectivity index (χ3v) is 4.99. The fourth-order valence-electron chi connectivity index (χ4n) is 2.17. The van der Waals surface area contributed by atoms with Crippen molar-refractivity contribution in [3.8, 4) is 11.7 Å². The minimum atomic E-state index is -3.88. The number of sulfonamides is 1. The zero-order valence-electron chi connectivity index (χ0n) is 12.3. The summed E-state index contributed by atoms with van der Waals surface area (Å²) in [5, 5.41) is 8.02. The molecule has 0 bridgehead atoms. The second kappa shape index (κ2) is 5.64. The summed E-state index contributed by atoms with van der Waals surface area (Å²) in [6.45, 7) is 0. The molecule has 1 N–H and O–H groups in total. The van der Waals surface area contributed by atoms with Gasteiger partial charge < -0.3 is 8.83 Å². The van der Waals surface area contributed by atoms with E-state index in [0.29, 0.717) is 22.5 Å². The van der Waals surface area contributed by atoms with E-state index >= 15 is 0 Å². The summed E-state index contributed by atoms with van der Waals surface area (Å²) in [4.78, 5) is 0. The lowest BCUT2D eigenvalue weighted by atomic mass is 10.3. The number of aromatic nitrogens is 2. The van der Waals surface area contributed by atoms with Crippen LogP contribution in [0.4, 0.5) is 5.69 Å². The van der Waals surface area contributed by atoms with Crippen LogP contribution in [-0.2, 0) is 10.0 Å². The molecule has 0 aliphatic heterocycles. The van der Waals surface area contributed by atoms with Crippen molar-refractivity contribution >= 4 is 27.3 Å². The van der Waals surface area contributed by atoms with E-state index in [9.17, 15) is 8.42 Å². The van der Waals surface area contributed by atoms with E-state index < -0.39 is 10.0 Å². The molecular weight excluding hydrogens is 354 g/mol. The molecule has 0 amide bonds. The molecule has 4 rings (SSSR count). The predicted octanol–water partition coefficient (Wildman–Crippen LogP) is 3.66. The lowest BCUT2D eigenvalue weighted by molar-refractivity contribution is 0.435. The molecule has 0 saturated heterocycles. The Balaban J connectivity index is 1.58. The van der Waals surface area contributed by atoms with E-state index in [1.807, 2.05) is 0 Å². The van der Waals surface area contributed by atoms with Crippen LogP contribution in [-0.4, -0.2) is 18.6 Å². The minimum absolute atomic E-state index is 0.168. The predicted molar refractivity (Wildman–Crippen MR) is 86.2 cm³/mol. The number of nitrogens with one attached hydrogen (secondary N) is 1. The largest absolute Gasteiger partial charge is 0.438 e. The van der Waals surface area contributed by atoms with Crippen LogP contribution in [0.5, 0.6) is 0 Å². The molecule has 0 atom stereocenters. The van der Waals surface area contributed by atoms with Gasteiger partial charge in [0.25, 0.3) is 15.9 Å². The summed E-state index contributed by atoms with van der Waals surface area (Å²) in [6.07, 6.45) is 2.06. The standard InChI is InChI=1S/C15H12ClN3O4S/c16-10-2-1-3-11(8-10)19-24(20,21)13-7-6-12(22-13)15-18-17-14(23-15)9-4-5-9/h1-3,6-9,19H,4-5H2. The summed E-state index contributed by atoms with van der Waals surface area (Å²) in [7, 11) is -3.88. The van der Waals surface area contributed by atoms with Gasteiger partial charge in [-0.15, -0.1) is 10.2 Å². The molecule has 1 aliphatic rings. The molecule has 124 valence electrons. The molecular formula is C15H12ClN3O4S. The molecule has 24 heavy (non-hydrogen) atoms. The van der Waals surface area contributed by atoms with Gasteiger partial charge in [-0.05, 0) is 43.2 Å². The molecule has 0 radical (unpaired) electrons. The number of halogens is 1. The number of hydrogen-bond acceptors (Lipinski definition) is 6. The van der Waals surface area contributed by atoms with Crippen LogP contribution in [0.25, 0.3) is 11.7 Å². The van der Waals surface area contributed by atoms with Crippen LogP contribution < -0.4 is 4.72 Å². The van der Waals surface area contributed by atoms with Crippen molar-refractivity contribution in [2.75, 3.05) is 4.72 Å². The Kier molecular flexibility index (Phi) is 3.58. The van der Waals surface area contributed by atoms with Crippen molar-refractivity contribution in [3.63, 3.8) is 0 Å². The van der Waals surface area contributed by atoms with Crippen LogP contribution in [0.3, 0.4) is 0 Å². The molecule has 2 aromatic heterocycles. The van der Waals surface area contributed by atoms with Crippen LogP contribution in [0.1, 0.15) is 24.7 Å². The van der Waals surface area contributed by atoms with Gasteiger partial charge in [-0.1, -0.05) is 17.7 Å². The maximum atomic E-state index is 12.4. The summed E-state index contributed by atoms with van der Waals surface area (Å²) >= 11 is 5.85. The summed E-state index contributed by atoms with van der Waals surface area (Å²) < 4.78 is 38.0. The number of anilines is 1. The minimum Gasteiger partial charge on any atom is -0.438 e. The van der Waals surface area contributed by atoms with Crippen molar-refractivity contribution in [1.82, 2.24) is 10.2 Å².